The van der Waals surface area contributed by atoms with Crippen molar-refractivity contribution in [2.45, 2.75) is 52.5 Å². The molecule has 3 nitrogen and oxygen atoms in total. The number of hydrogen-bond acceptors (Lipinski definition) is 3. The van der Waals surface area contributed by atoms with E-state index < -0.39 is 5.54 Å². The summed E-state index contributed by atoms with van der Waals surface area (Å²) in [6.45, 7) is 12.1. The third-order valence-electron chi connectivity index (χ3n) is 3.54. The minimum Gasteiger partial charge on any atom is -0.268 e. The van der Waals surface area contributed by atoms with E-state index in [1.165, 1.54) is 10.5 Å². The predicted octanol–water partition coefficient (Wildman–Crippen LogP) is 4.82. The molecule has 1 aliphatic heterocycles. The molecule has 0 aliphatic carbocycles. The van der Waals surface area contributed by atoms with Crippen LogP contribution in [0.25, 0.3) is 6.08 Å². The summed E-state index contributed by atoms with van der Waals surface area (Å²) in [5, 5.41) is -0.199. The maximum absolute atomic E-state index is 12.4. The zero-order chi connectivity index (χ0) is 16.7. The van der Waals surface area contributed by atoms with Crippen molar-refractivity contribution in [3.8, 4) is 0 Å². The molecule has 0 atom stereocenters. The van der Waals surface area contributed by atoms with Crippen LogP contribution in [0.15, 0.2) is 29.2 Å². The molecule has 4 heteroatoms. The summed E-state index contributed by atoms with van der Waals surface area (Å²) >= 11 is 1.01. The second-order valence-corrected chi connectivity index (χ2v) is 8.55. The minimum atomic E-state index is -0.493. The van der Waals surface area contributed by atoms with Gasteiger partial charge in [0.15, 0.2) is 0 Å². The molecule has 0 aromatic heterocycles. The highest BCUT2D eigenvalue weighted by molar-refractivity contribution is 8.18. The number of imide groups is 1. The van der Waals surface area contributed by atoms with Crippen LogP contribution in [0.4, 0.5) is 4.79 Å². The van der Waals surface area contributed by atoms with Gasteiger partial charge in [0.05, 0.1) is 4.91 Å². The lowest BCUT2D eigenvalue weighted by Gasteiger charge is -2.28. The number of carbonyl (C=O) groups excluding carboxylic acids is 2. The molecule has 0 unspecified atom stereocenters. The summed E-state index contributed by atoms with van der Waals surface area (Å²) < 4.78 is 0. The normalized spacial score (nSPS) is 18.5. The highest BCUT2D eigenvalue weighted by Crippen LogP contribution is 2.36. The van der Waals surface area contributed by atoms with E-state index in [0.717, 1.165) is 17.3 Å². The lowest BCUT2D eigenvalue weighted by Crippen LogP contribution is -2.44. The average molecular weight is 317 g/mol. The van der Waals surface area contributed by atoms with Gasteiger partial charge in [-0.2, -0.15) is 0 Å². The fraction of sp³-hybridized carbons (Fsp3) is 0.444. The number of rotatable bonds is 1. The summed E-state index contributed by atoms with van der Waals surface area (Å²) in [5.41, 5.74) is 1.79. The smallest absolute Gasteiger partial charge is 0.268 e. The number of benzene rings is 1. The third-order valence-corrected chi connectivity index (χ3v) is 4.41. The van der Waals surface area contributed by atoms with Gasteiger partial charge >= 0.3 is 0 Å². The molecule has 1 fully saturated rings. The number of amides is 2. The van der Waals surface area contributed by atoms with Crippen LogP contribution >= 0.6 is 11.8 Å². The first-order chi connectivity index (χ1) is 10.00. The standard InChI is InChI=1S/C18H23NO2S/c1-17(2,3)13-9-7-12(8-10-13)11-14-15(20)19(16(21)22-14)18(4,5)6/h7-11H,1-6H3. The molecule has 0 bridgehead atoms. The Kier molecular flexibility index (Phi) is 4.26. The van der Waals surface area contributed by atoms with Crippen LogP contribution in [0.2, 0.25) is 0 Å². The Labute approximate surface area is 136 Å². The molecule has 1 aliphatic rings. The Morgan fingerprint density at radius 1 is 0.955 bits per heavy atom. The van der Waals surface area contributed by atoms with Crippen molar-refractivity contribution in [2.75, 3.05) is 0 Å². The molecule has 1 aromatic carbocycles. The largest absolute Gasteiger partial charge is 0.294 e. The molecule has 1 aromatic rings. The number of hydrogen-bond donors (Lipinski definition) is 0. The van der Waals surface area contributed by atoms with E-state index >= 15 is 0 Å². The molecule has 0 radical (unpaired) electrons. The fourth-order valence-electron chi connectivity index (χ4n) is 2.28. The minimum absolute atomic E-state index is 0.0998. The van der Waals surface area contributed by atoms with E-state index in [2.05, 4.69) is 32.9 Å². The first kappa shape index (κ1) is 16.8. The Hall–Kier alpha value is -1.55. The SMILES string of the molecule is CC(C)(C)c1ccc(C=C2SC(=O)N(C(C)(C)C)C2=O)cc1. The first-order valence-corrected chi connectivity index (χ1v) is 8.20. The van der Waals surface area contributed by atoms with Gasteiger partial charge in [-0.3, -0.25) is 14.5 Å². The van der Waals surface area contributed by atoms with Crippen molar-refractivity contribution in [3.63, 3.8) is 0 Å². The van der Waals surface area contributed by atoms with Gasteiger partial charge in [-0.1, -0.05) is 45.0 Å². The van der Waals surface area contributed by atoms with Crippen LogP contribution in [-0.2, 0) is 10.2 Å². The molecule has 2 amide bonds. The summed E-state index contributed by atoms with van der Waals surface area (Å²) in [6.07, 6.45) is 1.79. The first-order valence-electron chi connectivity index (χ1n) is 7.39. The van der Waals surface area contributed by atoms with E-state index in [9.17, 15) is 9.59 Å². The summed E-state index contributed by atoms with van der Waals surface area (Å²) in [6, 6.07) is 8.12. The fourth-order valence-corrected chi connectivity index (χ4v) is 3.29. The van der Waals surface area contributed by atoms with E-state index in [-0.39, 0.29) is 16.6 Å². The van der Waals surface area contributed by atoms with Crippen molar-refractivity contribution in [1.29, 1.82) is 0 Å². The lowest BCUT2D eigenvalue weighted by molar-refractivity contribution is -0.125. The second kappa shape index (κ2) is 5.58. The van der Waals surface area contributed by atoms with Gasteiger partial charge in [0.2, 0.25) is 0 Å². The van der Waals surface area contributed by atoms with Crippen molar-refractivity contribution >= 4 is 29.0 Å². The van der Waals surface area contributed by atoms with Gasteiger partial charge in [-0.05, 0) is 55.2 Å². The van der Waals surface area contributed by atoms with Crippen LogP contribution in [0.5, 0.6) is 0 Å². The summed E-state index contributed by atoms with van der Waals surface area (Å²) in [5.74, 6) is -0.206. The molecule has 0 N–H and O–H groups in total. The van der Waals surface area contributed by atoms with Crippen molar-refractivity contribution in [2.24, 2.45) is 0 Å². The van der Waals surface area contributed by atoms with Gasteiger partial charge in [0, 0.05) is 5.54 Å². The molecule has 1 saturated heterocycles. The van der Waals surface area contributed by atoms with E-state index in [0.29, 0.717) is 4.91 Å². The monoisotopic (exact) mass is 317 g/mol. The van der Waals surface area contributed by atoms with Crippen molar-refractivity contribution in [3.05, 3.63) is 40.3 Å². The van der Waals surface area contributed by atoms with Crippen LogP contribution in [0.3, 0.4) is 0 Å². The topological polar surface area (TPSA) is 37.4 Å². The maximum atomic E-state index is 12.4. The molecule has 1 heterocycles. The van der Waals surface area contributed by atoms with Crippen molar-refractivity contribution < 1.29 is 9.59 Å². The molecular formula is C18H23NO2S. The molecular weight excluding hydrogens is 294 g/mol. The Balaban J connectivity index is 2.28. The molecule has 22 heavy (non-hydrogen) atoms. The highest BCUT2D eigenvalue weighted by Gasteiger charge is 2.41. The summed E-state index contributed by atoms with van der Waals surface area (Å²) in [4.78, 5) is 26.3. The van der Waals surface area contributed by atoms with Gasteiger partial charge in [-0.25, -0.2) is 0 Å². The maximum Gasteiger partial charge on any atom is 0.294 e. The number of nitrogens with zero attached hydrogens (tertiary/aromatic N) is 1. The third kappa shape index (κ3) is 3.43. The van der Waals surface area contributed by atoms with Crippen LogP contribution in [0, 0.1) is 0 Å². The highest BCUT2D eigenvalue weighted by atomic mass is 32.2. The quantitative estimate of drug-likeness (QED) is 0.697. The van der Waals surface area contributed by atoms with E-state index in [4.69, 9.17) is 0 Å². The number of carbonyl (C=O) groups is 2. The second-order valence-electron chi connectivity index (χ2n) is 7.56. The Morgan fingerprint density at radius 2 is 1.50 bits per heavy atom. The van der Waals surface area contributed by atoms with Gasteiger partial charge in [0.1, 0.15) is 0 Å². The predicted molar refractivity (Wildman–Crippen MR) is 92.7 cm³/mol. The molecule has 2 rings (SSSR count). The van der Waals surface area contributed by atoms with E-state index in [1.54, 1.807) is 6.08 Å². The Bertz CT molecular complexity index is 631. The van der Waals surface area contributed by atoms with Crippen LogP contribution in [-0.4, -0.2) is 21.6 Å². The zero-order valence-electron chi connectivity index (χ0n) is 14.1. The number of thioether (sulfide) groups is 1. The molecule has 0 saturated carbocycles. The molecule has 118 valence electrons. The van der Waals surface area contributed by atoms with Crippen LogP contribution < -0.4 is 0 Å². The van der Waals surface area contributed by atoms with E-state index in [1.807, 2.05) is 32.9 Å². The van der Waals surface area contributed by atoms with Gasteiger partial charge < -0.3 is 0 Å². The molecule has 0 spiro atoms. The van der Waals surface area contributed by atoms with Crippen LogP contribution in [0.1, 0.15) is 52.7 Å². The van der Waals surface area contributed by atoms with Crippen molar-refractivity contribution in [1.82, 2.24) is 4.90 Å². The average Bonchev–Trinajstić information content (AvgIpc) is 2.63. The van der Waals surface area contributed by atoms with Gasteiger partial charge in [-0.15, -0.1) is 0 Å². The lowest BCUT2D eigenvalue weighted by atomic mass is 9.87. The zero-order valence-corrected chi connectivity index (χ0v) is 14.9. The summed E-state index contributed by atoms with van der Waals surface area (Å²) in [7, 11) is 0. The van der Waals surface area contributed by atoms with Gasteiger partial charge in [0.25, 0.3) is 11.1 Å². The Morgan fingerprint density at radius 3 is 1.91 bits per heavy atom.